The maximum absolute atomic E-state index is 6.35. The van der Waals surface area contributed by atoms with E-state index >= 15 is 0 Å². The zero-order valence-corrected chi connectivity index (χ0v) is 19.6. The van der Waals surface area contributed by atoms with Gasteiger partial charge in [0.25, 0.3) is 0 Å². The molecule has 0 N–H and O–H groups in total. The summed E-state index contributed by atoms with van der Waals surface area (Å²) >= 11 is 8.04. The van der Waals surface area contributed by atoms with Gasteiger partial charge in [-0.05, 0) is 56.5 Å². The summed E-state index contributed by atoms with van der Waals surface area (Å²) < 4.78 is 5.25. The van der Waals surface area contributed by atoms with E-state index in [0.717, 1.165) is 41.8 Å². The van der Waals surface area contributed by atoms with Gasteiger partial charge in [-0.15, -0.1) is 0 Å². The van der Waals surface area contributed by atoms with E-state index in [1.165, 1.54) is 31.5 Å². The first-order chi connectivity index (χ1) is 13.9. The van der Waals surface area contributed by atoms with Gasteiger partial charge in [-0.25, -0.2) is 4.98 Å². The van der Waals surface area contributed by atoms with E-state index in [1.54, 1.807) is 18.4 Å². The van der Waals surface area contributed by atoms with E-state index in [1.807, 2.05) is 19.0 Å². The Labute approximate surface area is 184 Å². The van der Waals surface area contributed by atoms with Crippen molar-refractivity contribution >= 4 is 28.1 Å². The monoisotopic (exact) mass is 436 g/mol. The Bertz CT molecular complexity index is 765. The number of thiazole rings is 1. The second-order valence-electron chi connectivity index (χ2n) is 8.21. The number of hydrogen-bond acceptors (Lipinski definition) is 6. The predicted octanol–water partition coefficient (Wildman–Crippen LogP) is 4.26. The Balaban J connectivity index is 1.46. The fourth-order valence-corrected chi connectivity index (χ4v) is 5.20. The highest BCUT2D eigenvalue weighted by Gasteiger charge is 2.22. The fraction of sp³-hybridized carbons (Fsp3) is 0.591. The first-order valence-electron chi connectivity index (χ1n) is 10.3. The van der Waals surface area contributed by atoms with Gasteiger partial charge >= 0.3 is 0 Å². The van der Waals surface area contributed by atoms with E-state index in [2.05, 4.69) is 46.1 Å². The molecule has 1 aliphatic rings. The van der Waals surface area contributed by atoms with Gasteiger partial charge in [-0.2, -0.15) is 0 Å². The van der Waals surface area contributed by atoms with Crippen LogP contribution in [0, 0.1) is 5.92 Å². The molecule has 0 saturated carbocycles. The molecule has 1 aromatic heterocycles. The van der Waals surface area contributed by atoms with Crippen molar-refractivity contribution in [1.82, 2.24) is 14.8 Å². The number of methoxy groups -OCH3 is 1. The van der Waals surface area contributed by atoms with Crippen LogP contribution in [-0.2, 0) is 13.0 Å². The van der Waals surface area contributed by atoms with Crippen LogP contribution in [0.3, 0.4) is 0 Å². The lowest BCUT2D eigenvalue weighted by Gasteiger charge is -2.34. The molecule has 2 heterocycles. The summed E-state index contributed by atoms with van der Waals surface area (Å²) in [6.45, 7) is 5.49. The molecule has 1 fully saturated rings. The predicted molar refractivity (Wildman–Crippen MR) is 124 cm³/mol. The molecular weight excluding hydrogens is 404 g/mol. The van der Waals surface area contributed by atoms with Crippen molar-refractivity contribution in [3.8, 4) is 5.75 Å². The quantitative estimate of drug-likeness (QED) is 0.586. The van der Waals surface area contributed by atoms with Gasteiger partial charge < -0.3 is 19.4 Å². The largest absolute Gasteiger partial charge is 0.497 e. The van der Waals surface area contributed by atoms with Gasteiger partial charge in [-0.1, -0.05) is 35.1 Å². The molecule has 0 spiro atoms. The summed E-state index contributed by atoms with van der Waals surface area (Å²) in [4.78, 5) is 12.6. The number of hydrogen-bond donors (Lipinski definition) is 0. The van der Waals surface area contributed by atoms with Crippen molar-refractivity contribution in [2.45, 2.75) is 25.8 Å². The van der Waals surface area contributed by atoms with E-state index in [4.69, 9.17) is 16.3 Å². The van der Waals surface area contributed by atoms with Crippen molar-refractivity contribution in [2.75, 3.05) is 59.3 Å². The van der Waals surface area contributed by atoms with Crippen LogP contribution in [0.25, 0.3) is 0 Å². The molecule has 0 unspecified atom stereocenters. The summed E-state index contributed by atoms with van der Waals surface area (Å²) in [7, 11) is 7.92. The van der Waals surface area contributed by atoms with Crippen LogP contribution in [0.5, 0.6) is 5.75 Å². The third kappa shape index (κ3) is 6.57. The molecule has 1 atom stereocenters. The Morgan fingerprint density at radius 2 is 2.00 bits per heavy atom. The summed E-state index contributed by atoms with van der Waals surface area (Å²) in [5, 5.41) is 1.62. The van der Waals surface area contributed by atoms with Gasteiger partial charge in [0.15, 0.2) is 5.13 Å². The van der Waals surface area contributed by atoms with E-state index in [-0.39, 0.29) is 0 Å². The molecular formula is C22H33ClN4OS. The molecule has 1 aromatic carbocycles. The van der Waals surface area contributed by atoms with Crippen LogP contribution < -0.4 is 9.64 Å². The van der Waals surface area contributed by atoms with Crippen molar-refractivity contribution < 1.29 is 4.74 Å². The van der Waals surface area contributed by atoms with E-state index < -0.39 is 0 Å². The molecule has 2 aromatic rings. The summed E-state index contributed by atoms with van der Waals surface area (Å²) in [6, 6.07) is 8.45. The smallest absolute Gasteiger partial charge is 0.186 e. The van der Waals surface area contributed by atoms with Crippen molar-refractivity contribution in [1.29, 1.82) is 0 Å². The van der Waals surface area contributed by atoms with Gasteiger partial charge in [0, 0.05) is 40.3 Å². The lowest BCUT2D eigenvalue weighted by molar-refractivity contribution is 0.142. The molecule has 1 saturated heterocycles. The highest BCUT2D eigenvalue weighted by atomic mass is 35.5. The van der Waals surface area contributed by atoms with Crippen molar-refractivity contribution in [3.63, 3.8) is 0 Å². The van der Waals surface area contributed by atoms with Crippen LogP contribution in [-0.4, -0.2) is 69.2 Å². The van der Waals surface area contributed by atoms with Crippen LogP contribution in [0.2, 0.25) is 5.15 Å². The second-order valence-corrected chi connectivity index (χ2v) is 9.63. The summed E-state index contributed by atoms with van der Waals surface area (Å²) in [5.74, 6) is 1.64. The molecule has 0 aliphatic carbocycles. The van der Waals surface area contributed by atoms with Crippen LogP contribution >= 0.6 is 22.9 Å². The SMILES string of the molecule is COc1ccc(CCN2CCC[C@H](CN(C)Cc3sc(N(C)C)nc3Cl)C2)cc1. The minimum atomic E-state index is 0.648. The lowest BCUT2D eigenvalue weighted by Crippen LogP contribution is -2.40. The lowest BCUT2D eigenvalue weighted by atomic mass is 9.97. The topological polar surface area (TPSA) is 31.8 Å². The number of nitrogens with zero attached hydrogens (tertiary/aromatic N) is 4. The molecule has 7 heteroatoms. The Hall–Kier alpha value is -1.34. The molecule has 0 bridgehead atoms. The molecule has 1 aliphatic heterocycles. The third-order valence-electron chi connectivity index (χ3n) is 5.48. The number of ether oxygens (including phenoxy) is 1. The first kappa shape index (κ1) is 22.3. The highest BCUT2D eigenvalue weighted by molar-refractivity contribution is 7.16. The summed E-state index contributed by atoms with van der Waals surface area (Å²) in [5.41, 5.74) is 1.38. The zero-order chi connectivity index (χ0) is 20.8. The molecule has 160 valence electrons. The van der Waals surface area contributed by atoms with Gasteiger partial charge in [0.05, 0.1) is 12.0 Å². The van der Waals surface area contributed by atoms with Gasteiger partial charge in [-0.3, -0.25) is 0 Å². The number of piperidine rings is 1. The van der Waals surface area contributed by atoms with Crippen molar-refractivity contribution in [2.24, 2.45) is 5.92 Å². The molecule has 0 radical (unpaired) electrons. The average Bonchev–Trinajstić information content (AvgIpc) is 3.07. The molecule has 5 nitrogen and oxygen atoms in total. The maximum atomic E-state index is 6.35. The first-order valence-corrected chi connectivity index (χ1v) is 11.5. The Morgan fingerprint density at radius 3 is 2.66 bits per heavy atom. The van der Waals surface area contributed by atoms with E-state index in [9.17, 15) is 0 Å². The molecule has 3 rings (SSSR count). The zero-order valence-electron chi connectivity index (χ0n) is 18.0. The van der Waals surface area contributed by atoms with Crippen LogP contribution in [0.4, 0.5) is 5.13 Å². The second kappa shape index (κ2) is 10.6. The molecule has 0 amide bonds. The maximum Gasteiger partial charge on any atom is 0.186 e. The fourth-order valence-electron chi connectivity index (χ4n) is 3.94. The summed E-state index contributed by atoms with van der Waals surface area (Å²) in [6.07, 6.45) is 3.69. The normalized spacial score (nSPS) is 17.7. The molecule has 29 heavy (non-hydrogen) atoms. The van der Waals surface area contributed by atoms with Crippen LogP contribution in [0.1, 0.15) is 23.3 Å². The van der Waals surface area contributed by atoms with Gasteiger partial charge in [0.1, 0.15) is 10.9 Å². The number of rotatable bonds is 9. The number of benzene rings is 1. The average molecular weight is 437 g/mol. The highest BCUT2D eigenvalue weighted by Crippen LogP contribution is 2.30. The number of likely N-dealkylation sites (tertiary alicyclic amines) is 1. The minimum Gasteiger partial charge on any atom is -0.497 e. The minimum absolute atomic E-state index is 0.648. The van der Waals surface area contributed by atoms with Crippen LogP contribution in [0.15, 0.2) is 24.3 Å². The van der Waals surface area contributed by atoms with E-state index in [0.29, 0.717) is 11.1 Å². The number of halogens is 1. The Kier molecular flexibility index (Phi) is 8.18. The number of aromatic nitrogens is 1. The van der Waals surface area contributed by atoms with Crippen molar-refractivity contribution in [3.05, 3.63) is 39.9 Å². The standard InChI is InChI=1S/C22H33ClN4OS/c1-25(2)22-24-21(23)20(29-22)16-26(3)14-18-6-5-12-27(15-18)13-11-17-7-9-19(28-4)10-8-17/h7-10,18H,5-6,11-16H2,1-4H3/t18-/m1/s1. The number of anilines is 1. The Morgan fingerprint density at radius 1 is 1.24 bits per heavy atom. The van der Waals surface area contributed by atoms with Gasteiger partial charge in [0.2, 0.25) is 0 Å². The third-order valence-corrected chi connectivity index (χ3v) is 7.12.